The van der Waals surface area contributed by atoms with Crippen molar-refractivity contribution in [2.45, 2.75) is 6.92 Å². The lowest BCUT2D eigenvalue weighted by atomic mass is 10.0. The van der Waals surface area contributed by atoms with Crippen LogP contribution in [0.2, 0.25) is 0 Å². The highest BCUT2D eigenvalue weighted by atomic mass is 15.1. The van der Waals surface area contributed by atoms with E-state index in [0.717, 1.165) is 27.5 Å². The molecule has 3 aromatic carbocycles. The highest BCUT2D eigenvalue weighted by Gasteiger charge is 2.12. The van der Waals surface area contributed by atoms with Gasteiger partial charge in [-0.2, -0.15) is 0 Å². The average molecular weight is 364 g/mol. The van der Waals surface area contributed by atoms with E-state index in [0.29, 0.717) is 0 Å². The van der Waals surface area contributed by atoms with Crippen molar-refractivity contribution in [2.75, 3.05) is 4.90 Å². The maximum Gasteiger partial charge on any atom is 0.0468 e. The van der Waals surface area contributed by atoms with E-state index in [1.807, 2.05) is 36.4 Å². The topological polar surface area (TPSA) is 3.24 Å². The average Bonchev–Trinajstić information content (AvgIpc) is 2.75. The molecule has 3 aromatic rings. The minimum absolute atomic E-state index is 0.960. The Morgan fingerprint density at radius 2 is 1.46 bits per heavy atom. The van der Waals surface area contributed by atoms with Crippen LogP contribution in [0.25, 0.3) is 12.2 Å². The number of hydrogen-bond acceptors (Lipinski definition) is 1. The van der Waals surface area contributed by atoms with Gasteiger partial charge in [0.1, 0.15) is 0 Å². The monoisotopic (exact) mass is 363 g/mol. The predicted octanol–water partition coefficient (Wildman–Crippen LogP) is 5.71. The Hall–Kier alpha value is -3.58. The molecule has 0 heterocycles. The molecule has 1 nitrogen and oxygen atoms in total. The van der Waals surface area contributed by atoms with E-state index >= 15 is 0 Å². The molecule has 0 bridgehead atoms. The number of hydrogen-bond donors (Lipinski definition) is 0. The van der Waals surface area contributed by atoms with Crippen molar-refractivity contribution in [3.05, 3.63) is 132 Å². The molecule has 0 aliphatic heterocycles. The second kappa shape index (κ2) is 8.88. The summed E-state index contributed by atoms with van der Waals surface area (Å²) >= 11 is 0. The molecule has 0 radical (unpaired) electrons. The molecule has 0 aliphatic carbocycles. The molecule has 0 N–H and O–H groups in total. The molecule has 3 rings (SSSR count). The van der Waals surface area contributed by atoms with Gasteiger partial charge in [-0.25, -0.2) is 0 Å². The van der Waals surface area contributed by atoms with Crippen LogP contribution in [0.1, 0.15) is 12.5 Å². The SMILES string of the molecule is C=C/C=C(\C=C)N(c1ccccc1)c1ccc(=C)/c(=C(\C)c2ccccc2)c1. The summed E-state index contributed by atoms with van der Waals surface area (Å²) in [6, 6.07) is 27.0. The van der Waals surface area contributed by atoms with Crippen LogP contribution in [-0.4, -0.2) is 0 Å². The summed E-state index contributed by atoms with van der Waals surface area (Å²) in [7, 11) is 0. The fourth-order valence-corrected chi connectivity index (χ4v) is 3.28. The molecule has 28 heavy (non-hydrogen) atoms. The molecule has 138 valence electrons. The minimum atomic E-state index is 0.960. The molecule has 0 amide bonds. The van der Waals surface area contributed by atoms with Crippen molar-refractivity contribution >= 4 is 23.5 Å². The first-order chi connectivity index (χ1) is 13.7. The minimum Gasteiger partial charge on any atom is -0.311 e. The van der Waals surface area contributed by atoms with Crippen LogP contribution in [0.5, 0.6) is 0 Å². The largest absolute Gasteiger partial charge is 0.311 e. The number of allylic oxidation sites excluding steroid dienone is 3. The van der Waals surface area contributed by atoms with Crippen LogP contribution in [0, 0.1) is 0 Å². The van der Waals surface area contributed by atoms with Gasteiger partial charge in [0.15, 0.2) is 0 Å². The number of anilines is 2. The third-order valence-electron chi connectivity index (χ3n) is 4.73. The molecule has 0 spiro atoms. The summed E-state index contributed by atoms with van der Waals surface area (Å²) in [5.41, 5.74) is 5.48. The molecule has 1 heteroatoms. The summed E-state index contributed by atoms with van der Waals surface area (Å²) < 4.78 is 0. The van der Waals surface area contributed by atoms with Gasteiger partial charge in [0.25, 0.3) is 0 Å². The fourth-order valence-electron chi connectivity index (χ4n) is 3.28. The quantitative estimate of drug-likeness (QED) is 0.507. The lowest BCUT2D eigenvalue weighted by molar-refractivity contribution is 1.20. The van der Waals surface area contributed by atoms with Crippen molar-refractivity contribution < 1.29 is 0 Å². The van der Waals surface area contributed by atoms with Crippen molar-refractivity contribution in [2.24, 2.45) is 0 Å². The highest BCUT2D eigenvalue weighted by molar-refractivity contribution is 5.72. The maximum atomic E-state index is 4.25. The Labute approximate surface area is 167 Å². The lowest BCUT2D eigenvalue weighted by Crippen LogP contribution is -2.27. The highest BCUT2D eigenvalue weighted by Crippen LogP contribution is 2.29. The van der Waals surface area contributed by atoms with Gasteiger partial charge in [0.2, 0.25) is 0 Å². The van der Waals surface area contributed by atoms with Gasteiger partial charge in [-0.3, -0.25) is 0 Å². The first-order valence-corrected chi connectivity index (χ1v) is 9.31. The van der Waals surface area contributed by atoms with Crippen LogP contribution in [0.15, 0.2) is 116 Å². The summed E-state index contributed by atoms with van der Waals surface area (Å²) in [6.45, 7) is 14.2. The summed E-state index contributed by atoms with van der Waals surface area (Å²) in [5.74, 6) is 0. The zero-order valence-corrected chi connectivity index (χ0v) is 16.3. The molecule has 0 saturated heterocycles. The van der Waals surface area contributed by atoms with E-state index in [-0.39, 0.29) is 0 Å². The van der Waals surface area contributed by atoms with Crippen molar-refractivity contribution in [1.29, 1.82) is 0 Å². The second-order valence-corrected chi connectivity index (χ2v) is 6.53. The molecule has 0 atom stereocenters. The first kappa shape index (κ1) is 19.2. The van der Waals surface area contributed by atoms with E-state index in [1.165, 1.54) is 11.1 Å². The lowest BCUT2D eigenvalue weighted by Gasteiger charge is -2.26. The zero-order valence-electron chi connectivity index (χ0n) is 16.3. The Morgan fingerprint density at radius 1 is 0.821 bits per heavy atom. The smallest absolute Gasteiger partial charge is 0.0468 e. The zero-order chi connectivity index (χ0) is 19.9. The van der Waals surface area contributed by atoms with Crippen molar-refractivity contribution in [1.82, 2.24) is 0 Å². The molecule has 0 fully saturated rings. The number of nitrogens with zero attached hydrogens (tertiary/aromatic N) is 1. The van der Waals surface area contributed by atoms with Gasteiger partial charge < -0.3 is 4.90 Å². The van der Waals surface area contributed by atoms with Gasteiger partial charge in [0, 0.05) is 17.1 Å². The Balaban J connectivity index is 2.26. The third-order valence-corrected chi connectivity index (χ3v) is 4.73. The third kappa shape index (κ3) is 4.05. The summed E-state index contributed by atoms with van der Waals surface area (Å²) in [4.78, 5) is 2.18. The van der Waals surface area contributed by atoms with Crippen LogP contribution >= 0.6 is 0 Å². The van der Waals surface area contributed by atoms with Crippen LogP contribution in [0.3, 0.4) is 0 Å². The maximum absolute atomic E-state index is 4.25. The van der Waals surface area contributed by atoms with Gasteiger partial charge >= 0.3 is 0 Å². The van der Waals surface area contributed by atoms with Gasteiger partial charge in [-0.1, -0.05) is 80.4 Å². The fraction of sp³-hybridized carbons (Fsp3) is 0.0370. The summed E-state index contributed by atoms with van der Waals surface area (Å²) in [6.07, 6.45) is 5.59. The van der Waals surface area contributed by atoms with E-state index in [9.17, 15) is 0 Å². The van der Waals surface area contributed by atoms with Crippen LogP contribution < -0.4 is 15.3 Å². The Bertz CT molecular complexity index is 1110. The molecule has 0 saturated carbocycles. The predicted molar refractivity (Wildman–Crippen MR) is 123 cm³/mol. The van der Waals surface area contributed by atoms with Gasteiger partial charge in [-0.05, 0) is 64.9 Å². The number of para-hydroxylation sites is 1. The first-order valence-electron chi connectivity index (χ1n) is 9.31. The van der Waals surface area contributed by atoms with Crippen LogP contribution in [0.4, 0.5) is 11.4 Å². The van der Waals surface area contributed by atoms with Gasteiger partial charge in [0.05, 0.1) is 0 Å². The van der Waals surface area contributed by atoms with E-state index in [1.54, 1.807) is 6.08 Å². The van der Waals surface area contributed by atoms with E-state index < -0.39 is 0 Å². The summed E-state index contributed by atoms with van der Waals surface area (Å²) in [5, 5.41) is 2.14. The molecular formula is C27H25N. The Kier molecular flexibility index (Phi) is 6.08. The molecule has 0 aliphatic rings. The Morgan fingerprint density at radius 3 is 2.07 bits per heavy atom. The van der Waals surface area contributed by atoms with E-state index in [4.69, 9.17) is 0 Å². The van der Waals surface area contributed by atoms with Gasteiger partial charge in [-0.15, -0.1) is 0 Å². The van der Waals surface area contributed by atoms with Crippen molar-refractivity contribution in [3.63, 3.8) is 0 Å². The molecular weight excluding hydrogens is 338 g/mol. The number of benzene rings is 3. The van der Waals surface area contributed by atoms with E-state index in [2.05, 4.69) is 86.2 Å². The van der Waals surface area contributed by atoms with Crippen LogP contribution in [-0.2, 0) is 0 Å². The van der Waals surface area contributed by atoms with Crippen molar-refractivity contribution in [3.8, 4) is 0 Å². The second-order valence-electron chi connectivity index (χ2n) is 6.53. The molecule has 0 unspecified atom stereocenters. The normalized spacial score (nSPS) is 12.2. The number of rotatable bonds is 6. The standard InChI is InChI=1S/C27H25N/c1-5-13-24(6-2)28(25-16-11-8-12-17-25)26-19-18-21(3)27(20-26)22(4)23-14-9-7-10-15-23/h5-20H,1-3H2,4H3/b24-13+,27-22+. The molecule has 0 aromatic heterocycles.